The van der Waals surface area contributed by atoms with Crippen molar-refractivity contribution in [1.82, 2.24) is 4.90 Å². The molecule has 29 heavy (non-hydrogen) atoms. The van der Waals surface area contributed by atoms with Gasteiger partial charge in [0.1, 0.15) is 6.10 Å². The summed E-state index contributed by atoms with van der Waals surface area (Å²) in [5.74, 6) is 1.64. The average molecular weight is 425 g/mol. The molecule has 0 saturated heterocycles. The minimum absolute atomic E-state index is 0.0283. The molecule has 1 aliphatic rings. The largest absolute Gasteiger partial charge is 0.372 e. The molecule has 1 aliphatic heterocycles. The van der Waals surface area contributed by atoms with Crippen molar-refractivity contribution in [1.29, 1.82) is 0 Å². The topological polar surface area (TPSA) is 41.9 Å². The van der Waals surface area contributed by atoms with Crippen LogP contribution in [0.1, 0.15) is 86.0 Å². The van der Waals surface area contributed by atoms with Crippen molar-refractivity contribution >= 4 is 22.7 Å². The van der Waals surface area contributed by atoms with E-state index in [2.05, 4.69) is 39.2 Å². The highest BCUT2D eigenvalue weighted by Gasteiger charge is 2.32. The van der Waals surface area contributed by atoms with Crippen molar-refractivity contribution in [2.24, 2.45) is 10.9 Å². The molecule has 0 N–H and O–H groups in total. The van der Waals surface area contributed by atoms with Gasteiger partial charge in [-0.3, -0.25) is 9.79 Å². The van der Waals surface area contributed by atoms with Crippen molar-refractivity contribution in [2.45, 2.75) is 104 Å². The summed E-state index contributed by atoms with van der Waals surface area (Å²) in [6, 6.07) is 0.371. The minimum Gasteiger partial charge on any atom is -0.372 e. The summed E-state index contributed by atoms with van der Waals surface area (Å²) >= 11 is 1.79. The van der Waals surface area contributed by atoms with Crippen molar-refractivity contribution in [3.63, 3.8) is 0 Å². The fourth-order valence-electron chi connectivity index (χ4n) is 3.78. The summed E-state index contributed by atoms with van der Waals surface area (Å²) in [4.78, 5) is 20.1. The lowest BCUT2D eigenvalue weighted by Gasteiger charge is -2.37. The van der Waals surface area contributed by atoms with Crippen LogP contribution < -0.4 is 0 Å². The summed E-state index contributed by atoms with van der Waals surface area (Å²) in [5, 5.41) is 1.08. The van der Waals surface area contributed by atoms with Crippen LogP contribution in [0.3, 0.4) is 0 Å². The summed E-state index contributed by atoms with van der Waals surface area (Å²) in [6.45, 7) is 16.3. The zero-order valence-electron chi connectivity index (χ0n) is 19.5. The summed E-state index contributed by atoms with van der Waals surface area (Å²) in [5.41, 5.74) is 0. The molecule has 0 bridgehead atoms. The van der Waals surface area contributed by atoms with E-state index in [0.717, 1.165) is 43.0 Å². The fourth-order valence-corrected chi connectivity index (χ4v) is 4.89. The van der Waals surface area contributed by atoms with Crippen LogP contribution in [0.5, 0.6) is 0 Å². The molecule has 3 unspecified atom stereocenters. The van der Waals surface area contributed by atoms with Crippen molar-refractivity contribution in [2.75, 3.05) is 18.9 Å². The van der Waals surface area contributed by atoms with E-state index >= 15 is 0 Å². The third-order valence-electron chi connectivity index (χ3n) is 5.55. The molecule has 1 heterocycles. The third-order valence-corrected chi connectivity index (χ3v) is 6.73. The van der Waals surface area contributed by atoms with Crippen LogP contribution in [-0.2, 0) is 9.53 Å². The van der Waals surface area contributed by atoms with Crippen LogP contribution in [0.4, 0.5) is 0 Å². The highest BCUT2D eigenvalue weighted by atomic mass is 32.2. The quantitative estimate of drug-likeness (QED) is 0.222. The van der Waals surface area contributed by atoms with E-state index < -0.39 is 0 Å². The molecule has 1 amide bonds. The summed E-state index contributed by atoms with van der Waals surface area (Å²) in [6.07, 6.45) is 10.1. The molecule has 168 valence electrons. The molecule has 0 spiro atoms. The van der Waals surface area contributed by atoms with Crippen molar-refractivity contribution in [3.8, 4) is 0 Å². The maximum atomic E-state index is 13.1. The Hall–Kier alpha value is -0.810. The Labute approximate surface area is 183 Å². The Morgan fingerprint density at radius 2 is 1.97 bits per heavy atom. The molecule has 0 fully saturated rings. The Kier molecular flexibility index (Phi) is 13.6. The zero-order chi connectivity index (χ0) is 21.6. The van der Waals surface area contributed by atoms with Crippen LogP contribution in [0.15, 0.2) is 17.6 Å². The van der Waals surface area contributed by atoms with E-state index in [4.69, 9.17) is 9.73 Å². The monoisotopic (exact) mass is 424 g/mol. The molecule has 5 heteroatoms. The first-order chi connectivity index (χ1) is 14.0. The molecule has 0 aromatic rings. The van der Waals surface area contributed by atoms with E-state index in [1.165, 1.54) is 19.3 Å². The number of hydrogen-bond donors (Lipinski definition) is 0. The number of rotatable bonds is 16. The second-order valence-corrected chi connectivity index (χ2v) is 9.36. The lowest BCUT2D eigenvalue weighted by molar-refractivity contribution is -0.135. The SMILES string of the molecule is C=CC1CSC(C(CC(C(C)C)N(CCCCCC)C(=O)CCCC)OCC)=N1. The maximum Gasteiger partial charge on any atom is 0.222 e. The lowest BCUT2D eigenvalue weighted by Crippen LogP contribution is -2.46. The smallest absolute Gasteiger partial charge is 0.222 e. The molecular formula is C24H44N2O2S. The van der Waals surface area contributed by atoms with Crippen LogP contribution in [0, 0.1) is 5.92 Å². The molecule has 3 atom stereocenters. The van der Waals surface area contributed by atoms with Crippen LogP contribution in [0.25, 0.3) is 0 Å². The highest BCUT2D eigenvalue weighted by Crippen LogP contribution is 2.28. The lowest BCUT2D eigenvalue weighted by atomic mass is 9.95. The molecule has 0 radical (unpaired) electrons. The predicted molar refractivity (Wildman–Crippen MR) is 128 cm³/mol. The summed E-state index contributed by atoms with van der Waals surface area (Å²) < 4.78 is 6.13. The fraction of sp³-hybridized carbons (Fsp3) is 0.833. The van der Waals surface area contributed by atoms with Crippen LogP contribution >= 0.6 is 11.8 Å². The van der Waals surface area contributed by atoms with E-state index in [9.17, 15) is 4.79 Å². The first-order valence-electron chi connectivity index (χ1n) is 11.7. The number of carbonyl (C=O) groups is 1. The second-order valence-electron chi connectivity index (χ2n) is 8.32. The van der Waals surface area contributed by atoms with Gasteiger partial charge in [0, 0.05) is 37.8 Å². The molecule has 0 aromatic carbocycles. The van der Waals surface area contributed by atoms with Crippen LogP contribution in [-0.4, -0.2) is 52.9 Å². The number of aliphatic imine (C=N–C) groups is 1. The van der Waals surface area contributed by atoms with Gasteiger partial charge in [-0.05, 0) is 25.7 Å². The van der Waals surface area contributed by atoms with Gasteiger partial charge in [-0.2, -0.15) is 0 Å². The van der Waals surface area contributed by atoms with Gasteiger partial charge in [0.2, 0.25) is 5.91 Å². The van der Waals surface area contributed by atoms with Gasteiger partial charge in [-0.25, -0.2) is 0 Å². The van der Waals surface area contributed by atoms with E-state index in [1.807, 2.05) is 13.0 Å². The number of amides is 1. The Bertz CT molecular complexity index is 507. The first-order valence-corrected chi connectivity index (χ1v) is 12.7. The highest BCUT2D eigenvalue weighted by molar-refractivity contribution is 8.14. The Balaban J connectivity index is 2.96. The summed E-state index contributed by atoms with van der Waals surface area (Å²) in [7, 11) is 0. The number of hydrogen-bond acceptors (Lipinski definition) is 4. The van der Waals surface area contributed by atoms with Crippen molar-refractivity contribution in [3.05, 3.63) is 12.7 Å². The van der Waals surface area contributed by atoms with Gasteiger partial charge in [0.25, 0.3) is 0 Å². The minimum atomic E-state index is -0.0283. The van der Waals surface area contributed by atoms with E-state index in [0.29, 0.717) is 24.9 Å². The van der Waals surface area contributed by atoms with Gasteiger partial charge in [0.05, 0.1) is 11.1 Å². The number of unbranched alkanes of at least 4 members (excludes halogenated alkanes) is 4. The van der Waals surface area contributed by atoms with Crippen molar-refractivity contribution < 1.29 is 9.53 Å². The number of ether oxygens (including phenoxy) is 1. The normalized spacial score (nSPS) is 18.6. The van der Waals surface area contributed by atoms with Gasteiger partial charge in [-0.15, -0.1) is 18.3 Å². The molecule has 0 aromatic heterocycles. The average Bonchev–Trinajstić information content (AvgIpc) is 3.19. The third kappa shape index (κ3) is 9.25. The standard InChI is InChI=1S/C24H44N2O2S/c1-7-11-13-14-16-26(23(27)15-12-8-2)21(19(5)6)17-22(28-10-4)24-25-20(9-3)18-29-24/h9,19-22H,3,7-8,10-18H2,1-2,4-6H3. The molecule has 0 aliphatic carbocycles. The molecule has 1 rings (SSSR count). The second kappa shape index (κ2) is 15.1. The predicted octanol–water partition coefficient (Wildman–Crippen LogP) is 6.11. The van der Waals surface area contributed by atoms with E-state index in [1.54, 1.807) is 11.8 Å². The maximum absolute atomic E-state index is 13.1. The number of nitrogens with zero attached hydrogens (tertiary/aromatic N) is 2. The molecular weight excluding hydrogens is 380 g/mol. The number of thioether (sulfide) groups is 1. The Morgan fingerprint density at radius 1 is 1.24 bits per heavy atom. The van der Waals surface area contributed by atoms with Gasteiger partial charge in [0.15, 0.2) is 0 Å². The zero-order valence-corrected chi connectivity index (χ0v) is 20.3. The van der Waals surface area contributed by atoms with Crippen LogP contribution in [0.2, 0.25) is 0 Å². The number of carbonyl (C=O) groups excluding carboxylic acids is 1. The van der Waals surface area contributed by atoms with E-state index in [-0.39, 0.29) is 18.2 Å². The molecule has 0 saturated carbocycles. The van der Waals surface area contributed by atoms with Gasteiger partial charge in [-0.1, -0.05) is 59.5 Å². The van der Waals surface area contributed by atoms with Gasteiger partial charge < -0.3 is 9.64 Å². The van der Waals surface area contributed by atoms with Gasteiger partial charge >= 0.3 is 0 Å². The Morgan fingerprint density at radius 3 is 2.52 bits per heavy atom. The molecule has 4 nitrogen and oxygen atoms in total. The first kappa shape index (κ1) is 26.2.